The average Bonchev–Trinajstić information content (AvgIpc) is 2.55. The number of aromatic hydroxyl groups is 1. The summed E-state index contributed by atoms with van der Waals surface area (Å²) < 4.78 is 11.2. The van der Waals surface area contributed by atoms with Gasteiger partial charge in [-0.1, -0.05) is 24.3 Å². The third kappa shape index (κ3) is 4.73. The number of ether oxygens (including phenoxy) is 2. The van der Waals surface area contributed by atoms with Gasteiger partial charge in [0, 0.05) is 6.42 Å². The number of phenolic OH excluding ortho intramolecular Hbond substituents is 1. The molecule has 0 radical (unpaired) electrons. The van der Waals surface area contributed by atoms with E-state index in [0.29, 0.717) is 12.4 Å². The molecule has 0 bridgehead atoms. The maximum atomic E-state index is 11.6. The van der Waals surface area contributed by atoms with E-state index in [1.165, 1.54) is 31.2 Å². The molecule has 2 aromatic rings. The molecule has 1 unspecified atom stereocenters. The second kappa shape index (κ2) is 7.84. The Morgan fingerprint density at radius 2 is 1.79 bits per heavy atom. The third-order valence-corrected chi connectivity index (χ3v) is 3.87. The first-order chi connectivity index (χ1) is 11.4. The van der Waals surface area contributed by atoms with E-state index >= 15 is 0 Å². The lowest BCUT2D eigenvalue weighted by molar-refractivity contribution is -0.155. The number of benzene rings is 2. The third-order valence-electron chi connectivity index (χ3n) is 3.87. The molecular weight excluding hydrogens is 308 g/mol. The van der Waals surface area contributed by atoms with Crippen molar-refractivity contribution in [3.8, 4) is 11.5 Å². The molecule has 0 fully saturated rings. The van der Waals surface area contributed by atoms with Crippen LogP contribution < -0.4 is 4.74 Å². The molecule has 128 valence electrons. The van der Waals surface area contributed by atoms with Crippen LogP contribution in [0.3, 0.4) is 0 Å². The Balaban J connectivity index is 1.91. The summed E-state index contributed by atoms with van der Waals surface area (Å²) in [5.41, 5.74) is 0.815. The first kappa shape index (κ1) is 17.8. The summed E-state index contributed by atoms with van der Waals surface area (Å²) in [6.45, 7) is 4.21. The van der Waals surface area contributed by atoms with Gasteiger partial charge >= 0.3 is 5.97 Å². The molecule has 0 aliphatic heterocycles. The van der Waals surface area contributed by atoms with Crippen LogP contribution in [-0.4, -0.2) is 28.4 Å². The van der Waals surface area contributed by atoms with Gasteiger partial charge in [-0.2, -0.15) is 0 Å². The van der Waals surface area contributed by atoms with E-state index in [1.54, 1.807) is 0 Å². The summed E-state index contributed by atoms with van der Waals surface area (Å²) in [4.78, 5) is 11.6. The van der Waals surface area contributed by atoms with Crippen molar-refractivity contribution in [1.29, 1.82) is 0 Å². The number of carboxylic acid groups (broad SMARTS) is 1. The zero-order valence-electron chi connectivity index (χ0n) is 13.9. The number of carbonyl (C=O) groups is 1. The van der Waals surface area contributed by atoms with Crippen LogP contribution in [0.4, 0.5) is 0 Å². The van der Waals surface area contributed by atoms with Crippen molar-refractivity contribution in [3.63, 3.8) is 0 Å². The van der Waals surface area contributed by atoms with Crippen molar-refractivity contribution in [2.24, 2.45) is 0 Å². The molecule has 0 amide bonds. The fourth-order valence-corrected chi connectivity index (χ4v) is 2.20. The zero-order chi connectivity index (χ0) is 17.6. The standard InChI is InChI=1S/C19H22O5/c1-14-5-3-4-6-15(14)13-23-12-11-19(2,18(21)22)24-17-9-7-16(20)8-10-17/h3-10,20H,11-13H2,1-2H3,(H,21,22). The summed E-state index contributed by atoms with van der Waals surface area (Å²) in [5, 5.41) is 18.8. The number of aliphatic carboxylic acids is 1. The van der Waals surface area contributed by atoms with Gasteiger partial charge in [0.05, 0.1) is 13.2 Å². The van der Waals surface area contributed by atoms with E-state index in [0.717, 1.165) is 11.1 Å². The summed E-state index contributed by atoms with van der Waals surface area (Å²) >= 11 is 0. The van der Waals surface area contributed by atoms with E-state index in [4.69, 9.17) is 9.47 Å². The Hall–Kier alpha value is -2.53. The first-order valence-corrected chi connectivity index (χ1v) is 7.74. The van der Waals surface area contributed by atoms with Crippen LogP contribution in [0.2, 0.25) is 0 Å². The number of hydrogen-bond donors (Lipinski definition) is 2. The van der Waals surface area contributed by atoms with Crippen LogP contribution in [0.15, 0.2) is 48.5 Å². The highest BCUT2D eigenvalue weighted by molar-refractivity contribution is 5.77. The van der Waals surface area contributed by atoms with Crippen molar-refractivity contribution in [2.45, 2.75) is 32.5 Å². The highest BCUT2D eigenvalue weighted by Gasteiger charge is 2.35. The Morgan fingerprint density at radius 3 is 2.42 bits per heavy atom. The van der Waals surface area contributed by atoms with Gasteiger partial charge in [0.2, 0.25) is 5.60 Å². The smallest absolute Gasteiger partial charge is 0.347 e. The Kier molecular flexibility index (Phi) is 5.82. The normalized spacial score (nSPS) is 13.2. The molecule has 5 heteroatoms. The van der Waals surface area contributed by atoms with E-state index in [-0.39, 0.29) is 18.8 Å². The minimum absolute atomic E-state index is 0.0981. The van der Waals surface area contributed by atoms with E-state index in [2.05, 4.69) is 0 Å². The molecular formula is C19H22O5. The second-order valence-electron chi connectivity index (χ2n) is 5.86. The lowest BCUT2D eigenvalue weighted by atomic mass is 10.0. The summed E-state index contributed by atoms with van der Waals surface area (Å²) in [6, 6.07) is 13.9. The Labute approximate surface area is 141 Å². The fraction of sp³-hybridized carbons (Fsp3) is 0.316. The molecule has 1 atom stereocenters. The summed E-state index contributed by atoms with van der Waals surface area (Å²) in [7, 11) is 0. The quantitative estimate of drug-likeness (QED) is 0.724. The lowest BCUT2D eigenvalue weighted by Gasteiger charge is -2.26. The minimum Gasteiger partial charge on any atom is -0.508 e. The minimum atomic E-state index is -1.40. The van der Waals surface area contributed by atoms with Crippen LogP contribution in [0.5, 0.6) is 11.5 Å². The highest BCUT2D eigenvalue weighted by atomic mass is 16.5. The maximum absolute atomic E-state index is 11.6. The largest absolute Gasteiger partial charge is 0.508 e. The topological polar surface area (TPSA) is 76.0 Å². The molecule has 0 aliphatic rings. The van der Waals surface area contributed by atoms with Gasteiger partial charge in [0.1, 0.15) is 11.5 Å². The van der Waals surface area contributed by atoms with Gasteiger partial charge in [-0.25, -0.2) is 4.79 Å². The van der Waals surface area contributed by atoms with Gasteiger partial charge in [0.15, 0.2) is 0 Å². The number of phenols is 1. The molecule has 0 aliphatic carbocycles. The van der Waals surface area contributed by atoms with Gasteiger partial charge < -0.3 is 19.7 Å². The molecule has 2 N–H and O–H groups in total. The SMILES string of the molecule is Cc1ccccc1COCCC(C)(Oc1ccc(O)cc1)C(=O)O. The predicted molar refractivity (Wildman–Crippen MR) is 90.2 cm³/mol. The molecule has 0 saturated carbocycles. The van der Waals surface area contributed by atoms with E-state index < -0.39 is 11.6 Å². The average molecular weight is 330 g/mol. The lowest BCUT2D eigenvalue weighted by Crippen LogP contribution is -2.42. The molecule has 0 spiro atoms. The maximum Gasteiger partial charge on any atom is 0.347 e. The number of rotatable bonds is 8. The zero-order valence-corrected chi connectivity index (χ0v) is 13.9. The van der Waals surface area contributed by atoms with Crippen LogP contribution >= 0.6 is 0 Å². The van der Waals surface area contributed by atoms with Crippen molar-refractivity contribution < 1.29 is 24.5 Å². The van der Waals surface area contributed by atoms with Crippen LogP contribution in [0.25, 0.3) is 0 Å². The summed E-state index contributed by atoms with van der Waals surface area (Å²) in [6.07, 6.45) is 0.203. The van der Waals surface area contributed by atoms with E-state index in [1.807, 2.05) is 31.2 Å². The van der Waals surface area contributed by atoms with E-state index in [9.17, 15) is 15.0 Å². The van der Waals surface area contributed by atoms with Gasteiger partial charge in [-0.15, -0.1) is 0 Å². The Bertz CT molecular complexity index is 680. The van der Waals surface area contributed by atoms with Gasteiger partial charge in [-0.05, 0) is 49.2 Å². The fourth-order valence-electron chi connectivity index (χ4n) is 2.20. The first-order valence-electron chi connectivity index (χ1n) is 7.74. The van der Waals surface area contributed by atoms with Gasteiger partial charge in [-0.3, -0.25) is 0 Å². The van der Waals surface area contributed by atoms with Crippen molar-refractivity contribution in [1.82, 2.24) is 0 Å². The highest BCUT2D eigenvalue weighted by Crippen LogP contribution is 2.24. The number of hydrogen-bond acceptors (Lipinski definition) is 4. The number of aryl methyl sites for hydroxylation is 1. The van der Waals surface area contributed by atoms with Crippen molar-refractivity contribution in [3.05, 3.63) is 59.7 Å². The summed E-state index contributed by atoms with van der Waals surface area (Å²) in [5.74, 6) is -0.576. The van der Waals surface area contributed by atoms with Crippen LogP contribution in [0, 0.1) is 6.92 Å². The molecule has 2 aromatic carbocycles. The molecule has 0 heterocycles. The van der Waals surface area contributed by atoms with Crippen molar-refractivity contribution >= 4 is 5.97 Å². The monoisotopic (exact) mass is 330 g/mol. The molecule has 2 rings (SSSR count). The molecule has 5 nitrogen and oxygen atoms in total. The van der Waals surface area contributed by atoms with Gasteiger partial charge in [0.25, 0.3) is 0 Å². The van der Waals surface area contributed by atoms with Crippen molar-refractivity contribution in [2.75, 3.05) is 6.61 Å². The van der Waals surface area contributed by atoms with Crippen LogP contribution in [-0.2, 0) is 16.1 Å². The number of carboxylic acids is 1. The Morgan fingerprint density at radius 1 is 1.12 bits per heavy atom. The van der Waals surface area contributed by atoms with Crippen LogP contribution in [0.1, 0.15) is 24.5 Å². The second-order valence-corrected chi connectivity index (χ2v) is 5.86. The molecule has 24 heavy (non-hydrogen) atoms. The predicted octanol–water partition coefficient (Wildman–Crippen LogP) is 3.53. The molecule has 0 aromatic heterocycles. The molecule has 0 saturated heterocycles.